The highest BCUT2D eigenvalue weighted by molar-refractivity contribution is 6.35. The Bertz CT molecular complexity index is 180. The highest BCUT2D eigenvalue weighted by atomic mass is 28.2. The molecular weight excluding hydrogens is 152 g/mol. The highest BCUT2D eigenvalue weighted by Gasteiger charge is 2.03. The first kappa shape index (κ1) is 8.52. The summed E-state index contributed by atoms with van der Waals surface area (Å²) in [5.41, 5.74) is 0.948. The summed E-state index contributed by atoms with van der Waals surface area (Å²) in [6, 6.07) is 0. The van der Waals surface area contributed by atoms with Gasteiger partial charge in [-0.15, -0.1) is 0 Å². The quantitative estimate of drug-likeness (QED) is 0.622. The van der Waals surface area contributed by atoms with E-state index in [2.05, 4.69) is 29.3 Å². The van der Waals surface area contributed by atoms with Crippen molar-refractivity contribution in [3.05, 3.63) is 18.7 Å². The van der Waals surface area contributed by atoms with Gasteiger partial charge in [0.25, 0.3) is 0 Å². The molecule has 0 amide bonds. The van der Waals surface area contributed by atoms with Crippen molar-refractivity contribution in [2.75, 3.05) is 0 Å². The van der Waals surface area contributed by atoms with Crippen molar-refractivity contribution in [1.82, 2.24) is 9.22 Å². The van der Waals surface area contributed by atoms with Gasteiger partial charge in [0.2, 0.25) is 0 Å². The molecule has 0 aliphatic rings. The predicted octanol–water partition coefficient (Wildman–Crippen LogP) is 1.42. The predicted molar refractivity (Wildman–Crippen MR) is 50.5 cm³/mol. The molecule has 0 aromatic carbocycles. The van der Waals surface area contributed by atoms with Crippen LogP contribution in [0.2, 0.25) is 5.54 Å². The van der Waals surface area contributed by atoms with Crippen LogP contribution in [0.4, 0.5) is 0 Å². The molecular formula is C8H16N2Si. The van der Waals surface area contributed by atoms with E-state index in [4.69, 9.17) is 0 Å². The highest BCUT2D eigenvalue weighted by Crippen LogP contribution is 2.12. The minimum atomic E-state index is -0.101. The Balaban J connectivity index is 2.41. The van der Waals surface area contributed by atoms with Crippen LogP contribution in [-0.4, -0.2) is 18.9 Å². The van der Waals surface area contributed by atoms with Crippen molar-refractivity contribution in [1.29, 1.82) is 0 Å². The molecule has 3 heteroatoms. The van der Waals surface area contributed by atoms with Gasteiger partial charge in [-0.3, -0.25) is 0 Å². The summed E-state index contributed by atoms with van der Waals surface area (Å²) in [7, 11) is -0.101. The summed E-state index contributed by atoms with van der Waals surface area (Å²) in [5.74, 6) is 0. The first-order valence-electron chi connectivity index (χ1n) is 4.32. The van der Waals surface area contributed by atoms with Crippen molar-refractivity contribution < 1.29 is 0 Å². The van der Waals surface area contributed by atoms with Crippen molar-refractivity contribution in [3.8, 4) is 0 Å². The van der Waals surface area contributed by atoms with Crippen molar-refractivity contribution in [2.45, 2.75) is 32.2 Å². The second-order valence-corrected chi connectivity index (χ2v) is 5.19. The average Bonchev–Trinajstić information content (AvgIpc) is 2.52. The molecule has 0 radical (unpaired) electrons. The largest absolute Gasteiger partial charge is 0.370 e. The molecule has 0 bridgehead atoms. The molecule has 0 saturated carbocycles. The van der Waals surface area contributed by atoms with Crippen molar-refractivity contribution in [3.63, 3.8) is 0 Å². The zero-order valence-electron chi connectivity index (χ0n) is 7.33. The van der Waals surface area contributed by atoms with Crippen molar-refractivity contribution in [2.24, 2.45) is 0 Å². The molecule has 62 valence electrons. The van der Waals surface area contributed by atoms with Crippen LogP contribution in [0.3, 0.4) is 0 Å². The molecule has 2 nitrogen and oxygen atoms in total. The van der Waals surface area contributed by atoms with Crippen LogP contribution in [0.15, 0.2) is 18.7 Å². The smallest absolute Gasteiger partial charge is 0.133 e. The summed E-state index contributed by atoms with van der Waals surface area (Å²) in [5, 5.41) is 0. The Labute approximate surface area is 70.5 Å². The van der Waals surface area contributed by atoms with Crippen LogP contribution in [0.25, 0.3) is 0 Å². The Morgan fingerprint density at radius 3 is 2.64 bits per heavy atom. The van der Waals surface area contributed by atoms with E-state index in [0.717, 1.165) is 5.54 Å². The number of aromatic nitrogens is 2. The fraction of sp³-hybridized carbons (Fsp3) is 0.625. The van der Waals surface area contributed by atoms with E-state index < -0.39 is 0 Å². The Morgan fingerprint density at radius 1 is 1.45 bits per heavy atom. The fourth-order valence-corrected chi connectivity index (χ4v) is 2.76. The van der Waals surface area contributed by atoms with Gasteiger partial charge in [0.1, 0.15) is 9.68 Å². The van der Waals surface area contributed by atoms with Crippen LogP contribution in [-0.2, 0) is 0 Å². The number of imidazole rings is 1. The van der Waals surface area contributed by atoms with Gasteiger partial charge in [0.15, 0.2) is 0 Å². The van der Waals surface area contributed by atoms with Gasteiger partial charge < -0.3 is 4.23 Å². The van der Waals surface area contributed by atoms with Gasteiger partial charge in [-0.1, -0.05) is 26.7 Å². The van der Waals surface area contributed by atoms with Gasteiger partial charge >= 0.3 is 0 Å². The average molecular weight is 168 g/mol. The van der Waals surface area contributed by atoms with Crippen LogP contribution in [0.5, 0.6) is 0 Å². The monoisotopic (exact) mass is 168 g/mol. The fourth-order valence-electron chi connectivity index (χ4n) is 1.24. The lowest BCUT2D eigenvalue weighted by Gasteiger charge is -2.10. The van der Waals surface area contributed by atoms with Crippen LogP contribution >= 0.6 is 0 Å². The second-order valence-electron chi connectivity index (χ2n) is 2.94. The van der Waals surface area contributed by atoms with E-state index in [9.17, 15) is 0 Å². The molecule has 0 unspecified atom stereocenters. The van der Waals surface area contributed by atoms with Crippen LogP contribution in [0, 0.1) is 0 Å². The molecule has 0 fully saturated rings. The van der Waals surface area contributed by atoms with Crippen LogP contribution in [0.1, 0.15) is 26.7 Å². The molecule has 11 heavy (non-hydrogen) atoms. The van der Waals surface area contributed by atoms with Crippen molar-refractivity contribution >= 4 is 9.68 Å². The number of rotatable bonds is 4. The molecule has 1 heterocycles. The zero-order valence-corrected chi connectivity index (χ0v) is 8.74. The van der Waals surface area contributed by atoms with Gasteiger partial charge in [0.05, 0.1) is 6.33 Å². The van der Waals surface area contributed by atoms with E-state index in [1.807, 2.05) is 12.5 Å². The second kappa shape index (κ2) is 4.33. The Morgan fingerprint density at radius 2 is 2.18 bits per heavy atom. The maximum Gasteiger partial charge on any atom is 0.133 e. The lowest BCUT2D eigenvalue weighted by atomic mass is 10.3. The molecule has 0 atom stereocenters. The lowest BCUT2D eigenvalue weighted by Crippen LogP contribution is -2.10. The number of hydrogen-bond donors (Lipinski definition) is 0. The normalized spacial score (nSPS) is 11.9. The summed E-state index contributed by atoms with van der Waals surface area (Å²) < 4.78 is 2.29. The summed E-state index contributed by atoms with van der Waals surface area (Å²) in [6.07, 6.45) is 8.55. The summed E-state index contributed by atoms with van der Waals surface area (Å²) >= 11 is 0. The molecule has 0 aliphatic carbocycles. The Kier molecular flexibility index (Phi) is 3.36. The molecule has 0 saturated heterocycles. The standard InChI is InChI=1S/C8H16N2Si/c1-3-8(4-2)11-10-6-5-9-7-10/h5-8H,3-4,11H2,1-2H3. The minimum Gasteiger partial charge on any atom is -0.370 e. The van der Waals surface area contributed by atoms with Gasteiger partial charge in [-0.05, 0) is 5.54 Å². The molecule has 1 aromatic heterocycles. The maximum absolute atomic E-state index is 4.04. The summed E-state index contributed by atoms with van der Waals surface area (Å²) in [4.78, 5) is 4.04. The van der Waals surface area contributed by atoms with E-state index in [1.54, 1.807) is 0 Å². The van der Waals surface area contributed by atoms with Gasteiger partial charge in [-0.2, -0.15) is 0 Å². The lowest BCUT2D eigenvalue weighted by molar-refractivity contribution is 0.749. The van der Waals surface area contributed by atoms with Gasteiger partial charge in [-0.25, -0.2) is 4.98 Å². The van der Waals surface area contributed by atoms with E-state index in [1.165, 1.54) is 12.8 Å². The Hall–Kier alpha value is -0.573. The third kappa shape index (κ3) is 2.50. The van der Waals surface area contributed by atoms with E-state index in [-0.39, 0.29) is 9.68 Å². The minimum absolute atomic E-state index is 0.101. The first-order chi connectivity index (χ1) is 5.36. The number of hydrogen-bond acceptors (Lipinski definition) is 1. The van der Waals surface area contributed by atoms with Crippen LogP contribution < -0.4 is 0 Å². The molecule has 0 N–H and O–H groups in total. The number of nitrogens with zero attached hydrogens (tertiary/aromatic N) is 2. The summed E-state index contributed by atoms with van der Waals surface area (Å²) in [6.45, 7) is 4.55. The topological polar surface area (TPSA) is 17.8 Å². The van der Waals surface area contributed by atoms with E-state index >= 15 is 0 Å². The molecule has 1 rings (SSSR count). The first-order valence-corrected chi connectivity index (χ1v) is 5.77. The molecule has 1 aromatic rings. The maximum atomic E-state index is 4.04. The third-order valence-corrected chi connectivity index (χ3v) is 4.65. The van der Waals surface area contributed by atoms with E-state index in [0.29, 0.717) is 0 Å². The van der Waals surface area contributed by atoms with Gasteiger partial charge in [0, 0.05) is 12.4 Å². The zero-order chi connectivity index (χ0) is 8.10. The third-order valence-electron chi connectivity index (χ3n) is 2.18. The molecule has 0 aliphatic heterocycles. The molecule has 0 spiro atoms. The SMILES string of the molecule is CCC(CC)[SiH2]n1ccnc1.